The number of rotatable bonds is 5. The maximum Gasteiger partial charge on any atom is 0.341 e. The van der Waals surface area contributed by atoms with E-state index in [-0.39, 0.29) is 10.6 Å². The van der Waals surface area contributed by atoms with Gasteiger partial charge in [-0.25, -0.2) is 27.1 Å². The third-order valence-corrected chi connectivity index (χ3v) is 4.15. The first kappa shape index (κ1) is 19.5. The summed E-state index contributed by atoms with van der Waals surface area (Å²) in [5, 5.41) is 7.34. The number of anilines is 1. The molecule has 7 nitrogen and oxygen atoms in total. The van der Waals surface area contributed by atoms with E-state index in [9.17, 15) is 26.8 Å². The van der Waals surface area contributed by atoms with E-state index in [0.29, 0.717) is 6.07 Å². The molecule has 26 heavy (non-hydrogen) atoms. The third kappa shape index (κ3) is 4.83. The minimum Gasteiger partial charge on any atom is -0.449 e. The largest absolute Gasteiger partial charge is 0.449 e. The Morgan fingerprint density at radius 1 is 1.15 bits per heavy atom. The van der Waals surface area contributed by atoms with Gasteiger partial charge in [0.15, 0.2) is 6.10 Å². The molecule has 0 spiro atoms. The lowest BCUT2D eigenvalue weighted by atomic mass is 10.2. The predicted molar refractivity (Wildman–Crippen MR) is 87.7 cm³/mol. The Labute approximate surface area is 147 Å². The number of halogens is 2. The van der Waals surface area contributed by atoms with Crippen molar-refractivity contribution in [3.05, 3.63) is 59.7 Å². The second-order valence-electron chi connectivity index (χ2n) is 5.23. The highest BCUT2D eigenvalue weighted by atomic mass is 32.2. The fraction of sp³-hybridized carbons (Fsp3) is 0.125. The monoisotopic (exact) mass is 384 g/mol. The average Bonchev–Trinajstić information content (AvgIpc) is 2.54. The molecular weight excluding hydrogens is 370 g/mol. The Kier molecular flexibility index (Phi) is 5.68. The highest BCUT2D eigenvalue weighted by molar-refractivity contribution is 7.89. The summed E-state index contributed by atoms with van der Waals surface area (Å²) in [5.74, 6) is -3.92. The zero-order valence-corrected chi connectivity index (χ0v) is 14.2. The minimum atomic E-state index is -3.95. The second-order valence-corrected chi connectivity index (χ2v) is 6.80. The molecule has 0 radical (unpaired) electrons. The zero-order valence-electron chi connectivity index (χ0n) is 13.4. The van der Waals surface area contributed by atoms with Gasteiger partial charge >= 0.3 is 5.97 Å². The molecule has 2 aromatic carbocycles. The number of hydrogen-bond acceptors (Lipinski definition) is 5. The number of nitrogens with two attached hydrogens (primary N) is 1. The van der Waals surface area contributed by atoms with Crippen molar-refractivity contribution >= 4 is 27.6 Å². The van der Waals surface area contributed by atoms with E-state index in [2.05, 4.69) is 5.32 Å². The van der Waals surface area contributed by atoms with E-state index in [1.165, 1.54) is 25.1 Å². The molecule has 0 saturated carbocycles. The molecule has 0 aromatic heterocycles. The van der Waals surface area contributed by atoms with Crippen LogP contribution in [0.2, 0.25) is 0 Å². The maximum atomic E-state index is 13.5. The Morgan fingerprint density at radius 3 is 2.46 bits per heavy atom. The number of ether oxygens (including phenoxy) is 1. The quantitative estimate of drug-likeness (QED) is 0.763. The number of carbonyl (C=O) groups is 2. The zero-order chi connectivity index (χ0) is 19.5. The number of hydrogen-bond donors (Lipinski definition) is 2. The van der Waals surface area contributed by atoms with Crippen LogP contribution in [0.15, 0.2) is 47.4 Å². The summed E-state index contributed by atoms with van der Waals surface area (Å²) in [4.78, 5) is 23.7. The van der Waals surface area contributed by atoms with Gasteiger partial charge in [-0.15, -0.1) is 0 Å². The van der Waals surface area contributed by atoms with Crippen LogP contribution in [0.1, 0.15) is 17.3 Å². The van der Waals surface area contributed by atoms with E-state index in [1.807, 2.05) is 0 Å². The SMILES string of the molecule is CC(OC(=O)c1ccc(F)cc1F)C(=O)Nc1cccc(S(N)(=O)=O)c1. The molecule has 0 heterocycles. The van der Waals surface area contributed by atoms with Crippen molar-refractivity contribution in [2.75, 3.05) is 5.32 Å². The van der Waals surface area contributed by atoms with Crippen molar-refractivity contribution < 1.29 is 31.5 Å². The highest BCUT2D eigenvalue weighted by Gasteiger charge is 2.22. The Morgan fingerprint density at radius 2 is 1.85 bits per heavy atom. The molecule has 0 fully saturated rings. The molecule has 2 aromatic rings. The lowest BCUT2D eigenvalue weighted by molar-refractivity contribution is -0.123. The van der Waals surface area contributed by atoms with E-state index in [1.54, 1.807) is 0 Å². The number of nitrogens with one attached hydrogen (secondary N) is 1. The van der Waals surface area contributed by atoms with Gasteiger partial charge in [-0.3, -0.25) is 4.79 Å². The maximum absolute atomic E-state index is 13.5. The summed E-state index contributed by atoms with van der Waals surface area (Å²) in [7, 11) is -3.95. The van der Waals surface area contributed by atoms with Crippen molar-refractivity contribution in [3.63, 3.8) is 0 Å². The smallest absolute Gasteiger partial charge is 0.341 e. The molecular formula is C16H14F2N2O5S. The fourth-order valence-corrected chi connectivity index (χ4v) is 2.49. The number of sulfonamides is 1. The summed E-state index contributed by atoms with van der Waals surface area (Å²) in [6.07, 6.45) is -1.33. The van der Waals surface area contributed by atoms with Crippen LogP contribution in [-0.2, 0) is 19.6 Å². The molecule has 0 aliphatic rings. The van der Waals surface area contributed by atoms with Crippen LogP contribution >= 0.6 is 0 Å². The third-order valence-electron chi connectivity index (χ3n) is 3.23. The molecule has 1 amide bonds. The average molecular weight is 384 g/mol. The molecule has 3 N–H and O–H groups in total. The van der Waals surface area contributed by atoms with Gasteiger partial charge in [-0.05, 0) is 37.3 Å². The van der Waals surface area contributed by atoms with Gasteiger partial charge in [0, 0.05) is 11.8 Å². The summed E-state index contributed by atoms with van der Waals surface area (Å²) < 4.78 is 53.8. The Hall–Kier alpha value is -2.85. The van der Waals surface area contributed by atoms with Crippen molar-refractivity contribution in [2.45, 2.75) is 17.9 Å². The first-order valence-electron chi connectivity index (χ1n) is 7.17. The number of esters is 1. The molecule has 0 bridgehead atoms. The number of amides is 1. The van der Waals surface area contributed by atoms with E-state index in [0.717, 1.165) is 18.2 Å². The Bertz CT molecular complexity index is 963. The van der Waals surface area contributed by atoms with Gasteiger partial charge in [-0.2, -0.15) is 0 Å². The minimum absolute atomic E-state index is 0.109. The lowest BCUT2D eigenvalue weighted by Crippen LogP contribution is -2.30. The summed E-state index contributed by atoms with van der Waals surface area (Å²) in [6.45, 7) is 1.23. The standard InChI is InChI=1S/C16H14F2N2O5S/c1-9(25-16(22)13-6-5-10(17)7-14(13)18)15(21)20-11-3-2-4-12(8-11)26(19,23)24/h2-9H,1H3,(H,20,21)(H2,19,23,24). The molecule has 138 valence electrons. The van der Waals surface area contributed by atoms with Crippen molar-refractivity contribution in [2.24, 2.45) is 5.14 Å². The molecule has 0 saturated heterocycles. The molecule has 2 rings (SSSR count). The topological polar surface area (TPSA) is 116 Å². The summed E-state index contributed by atoms with van der Waals surface area (Å²) >= 11 is 0. The van der Waals surface area contributed by atoms with Crippen LogP contribution in [0.25, 0.3) is 0 Å². The molecule has 1 unspecified atom stereocenters. The van der Waals surface area contributed by atoms with Crippen LogP contribution in [0.3, 0.4) is 0 Å². The molecule has 1 atom stereocenters. The Balaban J connectivity index is 2.07. The van der Waals surface area contributed by atoms with Gasteiger partial charge in [0.25, 0.3) is 5.91 Å². The van der Waals surface area contributed by atoms with Gasteiger partial charge in [-0.1, -0.05) is 6.07 Å². The van der Waals surface area contributed by atoms with Gasteiger partial charge in [0.05, 0.1) is 10.5 Å². The summed E-state index contributed by atoms with van der Waals surface area (Å²) in [5.41, 5.74) is -0.417. The van der Waals surface area contributed by atoms with Gasteiger partial charge in [0.2, 0.25) is 10.0 Å². The van der Waals surface area contributed by atoms with Crippen molar-refractivity contribution in [3.8, 4) is 0 Å². The van der Waals surface area contributed by atoms with Crippen LogP contribution in [-0.4, -0.2) is 26.4 Å². The predicted octanol–water partition coefficient (Wildman–Crippen LogP) is 1.80. The number of carbonyl (C=O) groups excluding carboxylic acids is 2. The summed E-state index contributed by atoms with van der Waals surface area (Å²) in [6, 6.07) is 7.42. The second kappa shape index (κ2) is 7.58. The first-order chi connectivity index (χ1) is 12.1. The van der Waals surface area contributed by atoms with Crippen molar-refractivity contribution in [1.82, 2.24) is 0 Å². The number of primary sulfonamides is 1. The van der Waals surface area contributed by atoms with Crippen molar-refractivity contribution in [1.29, 1.82) is 0 Å². The van der Waals surface area contributed by atoms with Crippen LogP contribution in [0.5, 0.6) is 0 Å². The van der Waals surface area contributed by atoms with E-state index >= 15 is 0 Å². The fourth-order valence-electron chi connectivity index (χ4n) is 1.93. The van der Waals surface area contributed by atoms with Crippen LogP contribution in [0.4, 0.5) is 14.5 Å². The van der Waals surface area contributed by atoms with E-state index in [4.69, 9.17) is 9.88 Å². The van der Waals surface area contributed by atoms with Gasteiger partial charge < -0.3 is 10.1 Å². The molecule has 0 aliphatic heterocycles. The van der Waals surface area contributed by atoms with Gasteiger partial charge in [0.1, 0.15) is 11.6 Å². The first-order valence-corrected chi connectivity index (χ1v) is 8.72. The van der Waals surface area contributed by atoms with Crippen LogP contribution in [0, 0.1) is 11.6 Å². The van der Waals surface area contributed by atoms with Crippen LogP contribution < -0.4 is 10.5 Å². The lowest BCUT2D eigenvalue weighted by Gasteiger charge is -2.14. The highest BCUT2D eigenvalue weighted by Crippen LogP contribution is 2.16. The molecule has 10 heteroatoms. The molecule has 0 aliphatic carbocycles. The van der Waals surface area contributed by atoms with E-state index < -0.39 is 45.2 Å². The number of benzene rings is 2. The normalized spacial score (nSPS) is 12.3.